The maximum Gasteiger partial charge on any atom is 0.250 e. The molecule has 0 spiro atoms. The molecule has 0 aliphatic heterocycles. The van der Waals surface area contributed by atoms with Crippen molar-refractivity contribution in [1.82, 2.24) is 20.2 Å². The fourth-order valence-corrected chi connectivity index (χ4v) is 4.58. The van der Waals surface area contributed by atoms with E-state index in [0.29, 0.717) is 16.7 Å². The van der Waals surface area contributed by atoms with Crippen LogP contribution in [0.1, 0.15) is 38.8 Å². The molecule has 0 aliphatic carbocycles. The molecule has 4 rings (SSSR count). The summed E-state index contributed by atoms with van der Waals surface area (Å²) in [5.41, 5.74) is 7.30. The lowest BCUT2D eigenvalue weighted by Crippen LogP contribution is -2.21. The van der Waals surface area contributed by atoms with Crippen LogP contribution in [0.5, 0.6) is 11.5 Å². The van der Waals surface area contributed by atoms with Crippen molar-refractivity contribution in [3.63, 3.8) is 0 Å². The third-order valence-corrected chi connectivity index (χ3v) is 7.09. The quantitative estimate of drug-likeness (QED) is 0.161. The maximum atomic E-state index is 12.7. The number of nitrogens with zero attached hydrogens (tertiary/aromatic N) is 4. The van der Waals surface area contributed by atoms with Gasteiger partial charge in [-0.3, -0.25) is 9.36 Å². The first-order chi connectivity index (χ1) is 18.7. The van der Waals surface area contributed by atoms with E-state index >= 15 is 0 Å². The van der Waals surface area contributed by atoms with Gasteiger partial charge in [-0.15, -0.1) is 10.2 Å². The van der Waals surface area contributed by atoms with Gasteiger partial charge < -0.3 is 9.47 Å². The largest absolute Gasteiger partial charge is 0.497 e. The molecule has 1 amide bonds. The van der Waals surface area contributed by atoms with Crippen molar-refractivity contribution in [3.05, 3.63) is 83.9 Å². The highest BCUT2D eigenvalue weighted by Crippen LogP contribution is 2.30. The molecule has 1 aromatic heterocycles. The van der Waals surface area contributed by atoms with Gasteiger partial charge in [0, 0.05) is 11.3 Å². The molecule has 4 aromatic rings. The van der Waals surface area contributed by atoms with Crippen molar-refractivity contribution in [2.45, 2.75) is 38.3 Å². The van der Waals surface area contributed by atoms with E-state index in [4.69, 9.17) is 9.47 Å². The first-order valence-corrected chi connectivity index (χ1v) is 13.5. The number of hydrogen-bond acceptors (Lipinski definition) is 7. The summed E-state index contributed by atoms with van der Waals surface area (Å²) in [5, 5.41) is 13.8. The number of ether oxygens (including phenoxy) is 2. The van der Waals surface area contributed by atoms with Gasteiger partial charge in [-0.25, -0.2) is 5.43 Å². The van der Waals surface area contributed by atoms with Crippen LogP contribution in [-0.2, 0) is 10.2 Å². The minimum atomic E-state index is -0.242. The van der Waals surface area contributed by atoms with Crippen LogP contribution in [0.15, 0.2) is 83.1 Å². The number of methoxy groups -OCH3 is 2. The Balaban J connectivity index is 1.54. The monoisotopic (exact) mass is 543 g/mol. The molecule has 0 atom stereocenters. The summed E-state index contributed by atoms with van der Waals surface area (Å²) in [6.45, 7) is 8.39. The van der Waals surface area contributed by atoms with Crippen LogP contribution in [0.2, 0.25) is 0 Å². The molecule has 0 fully saturated rings. The second-order valence-electron chi connectivity index (χ2n) is 9.92. The molecule has 0 aliphatic rings. The Morgan fingerprint density at radius 2 is 1.49 bits per heavy atom. The van der Waals surface area contributed by atoms with Crippen LogP contribution >= 0.6 is 11.8 Å². The van der Waals surface area contributed by atoms with Crippen LogP contribution in [0.25, 0.3) is 17.1 Å². The van der Waals surface area contributed by atoms with Gasteiger partial charge in [0.2, 0.25) is 0 Å². The molecular formula is C30H33N5O3S. The highest BCUT2D eigenvalue weighted by Gasteiger charge is 2.19. The average molecular weight is 544 g/mol. The number of hydrazone groups is 1. The molecule has 8 nitrogen and oxygen atoms in total. The zero-order valence-electron chi connectivity index (χ0n) is 23.1. The van der Waals surface area contributed by atoms with E-state index in [1.807, 2.05) is 60.0 Å². The van der Waals surface area contributed by atoms with Crippen molar-refractivity contribution >= 4 is 23.4 Å². The van der Waals surface area contributed by atoms with Crippen molar-refractivity contribution < 1.29 is 14.3 Å². The zero-order chi connectivity index (χ0) is 28.0. The second kappa shape index (κ2) is 12.2. The van der Waals surface area contributed by atoms with Crippen LogP contribution in [0.3, 0.4) is 0 Å². The van der Waals surface area contributed by atoms with Crippen molar-refractivity contribution in [2.24, 2.45) is 5.10 Å². The van der Waals surface area contributed by atoms with E-state index in [-0.39, 0.29) is 17.1 Å². The number of aromatic nitrogens is 3. The Morgan fingerprint density at radius 1 is 0.897 bits per heavy atom. The van der Waals surface area contributed by atoms with Gasteiger partial charge in [0.1, 0.15) is 11.5 Å². The second-order valence-corrected chi connectivity index (χ2v) is 10.9. The summed E-state index contributed by atoms with van der Waals surface area (Å²) >= 11 is 1.30. The van der Waals surface area contributed by atoms with E-state index < -0.39 is 0 Å². The van der Waals surface area contributed by atoms with E-state index in [1.165, 1.54) is 17.3 Å². The van der Waals surface area contributed by atoms with E-state index in [1.54, 1.807) is 14.2 Å². The van der Waals surface area contributed by atoms with Gasteiger partial charge in [0.25, 0.3) is 5.91 Å². The predicted octanol–water partition coefficient (Wildman–Crippen LogP) is 5.88. The van der Waals surface area contributed by atoms with Gasteiger partial charge in [-0.2, -0.15) is 5.10 Å². The number of carbonyl (C=O) groups is 1. The van der Waals surface area contributed by atoms with Gasteiger partial charge in [0.05, 0.1) is 25.7 Å². The highest BCUT2D eigenvalue weighted by molar-refractivity contribution is 7.99. The van der Waals surface area contributed by atoms with Crippen LogP contribution in [0.4, 0.5) is 0 Å². The lowest BCUT2D eigenvalue weighted by atomic mass is 9.87. The van der Waals surface area contributed by atoms with Gasteiger partial charge >= 0.3 is 0 Å². The highest BCUT2D eigenvalue weighted by atomic mass is 32.2. The molecule has 39 heavy (non-hydrogen) atoms. The Kier molecular flexibility index (Phi) is 8.71. The summed E-state index contributed by atoms with van der Waals surface area (Å²) < 4.78 is 12.5. The Bertz CT molecular complexity index is 1440. The molecule has 0 unspecified atom stereocenters. The minimum Gasteiger partial charge on any atom is -0.497 e. The van der Waals surface area contributed by atoms with Gasteiger partial charge in [-0.1, -0.05) is 56.8 Å². The third-order valence-electron chi connectivity index (χ3n) is 6.16. The Labute approximate surface area is 233 Å². The average Bonchev–Trinajstić information content (AvgIpc) is 3.38. The van der Waals surface area contributed by atoms with E-state index in [0.717, 1.165) is 28.3 Å². The first kappa shape index (κ1) is 27.9. The predicted molar refractivity (Wildman–Crippen MR) is 156 cm³/mol. The van der Waals surface area contributed by atoms with Crippen LogP contribution in [0, 0.1) is 0 Å². The molecule has 3 aromatic carbocycles. The number of carbonyl (C=O) groups excluding carboxylic acids is 1. The Morgan fingerprint density at radius 3 is 2.05 bits per heavy atom. The number of amides is 1. The number of rotatable bonds is 9. The van der Waals surface area contributed by atoms with Crippen molar-refractivity contribution in [1.29, 1.82) is 0 Å². The molecule has 202 valence electrons. The molecule has 0 saturated carbocycles. The van der Waals surface area contributed by atoms with E-state index in [9.17, 15) is 4.79 Å². The van der Waals surface area contributed by atoms with E-state index in [2.05, 4.69) is 65.8 Å². The maximum absolute atomic E-state index is 12.7. The summed E-state index contributed by atoms with van der Waals surface area (Å²) in [6, 6.07) is 23.5. The first-order valence-electron chi connectivity index (χ1n) is 12.5. The third kappa shape index (κ3) is 6.86. The molecule has 1 N–H and O–H groups in total. The molecule has 0 bridgehead atoms. The topological polar surface area (TPSA) is 90.6 Å². The molecule has 1 heterocycles. The fraction of sp³-hybridized carbons (Fsp3) is 0.267. The summed E-state index contributed by atoms with van der Waals surface area (Å²) in [7, 11) is 3.25. The van der Waals surface area contributed by atoms with Crippen molar-refractivity contribution in [2.75, 3.05) is 20.0 Å². The molecule has 9 heteroatoms. The molecular weight excluding hydrogens is 510 g/mol. The molecule has 0 saturated heterocycles. The number of thioether (sulfide) groups is 1. The SMILES string of the molecule is COc1ccc(/C(C)=N/NC(=O)CSc2nnc(-c3ccc(C(C)(C)C)cc3)n2-c2ccc(OC)cc2)cc1. The molecule has 0 radical (unpaired) electrons. The van der Waals surface area contributed by atoms with Gasteiger partial charge in [-0.05, 0) is 72.0 Å². The normalized spacial score (nSPS) is 11.8. The van der Waals surface area contributed by atoms with Crippen LogP contribution in [-0.4, -0.2) is 46.4 Å². The van der Waals surface area contributed by atoms with Crippen molar-refractivity contribution in [3.8, 4) is 28.6 Å². The summed E-state index contributed by atoms with van der Waals surface area (Å²) in [5.74, 6) is 2.08. The lowest BCUT2D eigenvalue weighted by Gasteiger charge is -2.19. The zero-order valence-corrected chi connectivity index (χ0v) is 23.9. The number of benzene rings is 3. The number of nitrogens with one attached hydrogen (secondary N) is 1. The summed E-state index contributed by atoms with van der Waals surface area (Å²) in [4.78, 5) is 12.7. The summed E-state index contributed by atoms with van der Waals surface area (Å²) in [6.07, 6.45) is 0. The standard InChI is InChI=1S/C30H33N5O3S/c1-20(21-9-15-25(37-5)16-10-21)31-32-27(36)19-39-29-34-33-28(22-7-11-23(12-8-22)30(2,3)4)35(29)24-13-17-26(38-6)18-14-24/h7-18H,19H2,1-6H3,(H,32,36)/b31-20+. The fourth-order valence-electron chi connectivity index (χ4n) is 3.84. The van der Waals surface area contributed by atoms with Gasteiger partial charge in [0.15, 0.2) is 11.0 Å². The van der Waals surface area contributed by atoms with Crippen LogP contribution < -0.4 is 14.9 Å². The Hall–Kier alpha value is -4.11. The lowest BCUT2D eigenvalue weighted by molar-refractivity contribution is -0.118. The minimum absolute atomic E-state index is 0.0464. The smallest absolute Gasteiger partial charge is 0.250 e. The number of hydrogen-bond donors (Lipinski definition) is 1.